The number of aryl methyl sites for hydroxylation is 1. The maximum Gasteiger partial charge on any atom is 0.230 e. The SMILES string of the molecule is C=CCn1c(C)nnc1SCC(=O)NCc1ccc(N(C)C)cc1. The first-order chi connectivity index (χ1) is 11.5. The predicted molar refractivity (Wildman–Crippen MR) is 98.3 cm³/mol. The molecule has 128 valence electrons. The molecule has 0 radical (unpaired) electrons. The lowest BCUT2D eigenvalue weighted by Gasteiger charge is -2.13. The van der Waals surface area contributed by atoms with Crippen molar-refractivity contribution in [3.8, 4) is 0 Å². The fourth-order valence-corrected chi connectivity index (χ4v) is 2.92. The standard InChI is InChI=1S/C17H23N5OS/c1-5-10-22-13(2)19-20-17(22)24-12-16(23)18-11-14-6-8-15(9-7-14)21(3)4/h5-9H,1,10-12H2,2-4H3,(H,18,23). The van der Waals surface area contributed by atoms with E-state index < -0.39 is 0 Å². The van der Waals surface area contributed by atoms with Crippen LogP contribution in [-0.4, -0.2) is 40.5 Å². The van der Waals surface area contributed by atoms with Crippen molar-refractivity contribution in [1.29, 1.82) is 0 Å². The molecule has 2 rings (SSSR count). The molecule has 0 bridgehead atoms. The number of carbonyl (C=O) groups is 1. The highest BCUT2D eigenvalue weighted by molar-refractivity contribution is 7.99. The van der Waals surface area contributed by atoms with E-state index in [1.165, 1.54) is 11.8 Å². The van der Waals surface area contributed by atoms with E-state index in [1.807, 2.05) is 54.8 Å². The molecule has 0 aliphatic heterocycles. The van der Waals surface area contributed by atoms with Gasteiger partial charge in [-0.1, -0.05) is 30.0 Å². The minimum atomic E-state index is -0.0255. The molecule has 0 fully saturated rings. The second-order valence-electron chi connectivity index (χ2n) is 5.56. The number of hydrogen-bond donors (Lipinski definition) is 1. The summed E-state index contributed by atoms with van der Waals surface area (Å²) in [6.07, 6.45) is 1.79. The molecule has 0 aliphatic rings. The Bertz CT molecular complexity index is 694. The second kappa shape index (κ2) is 8.54. The van der Waals surface area contributed by atoms with Crippen LogP contribution in [0.3, 0.4) is 0 Å². The van der Waals surface area contributed by atoms with Crippen LogP contribution >= 0.6 is 11.8 Å². The fourth-order valence-electron chi connectivity index (χ4n) is 2.10. The molecule has 2 aromatic rings. The molecule has 0 atom stereocenters. The Hall–Kier alpha value is -2.28. The number of nitrogens with zero attached hydrogens (tertiary/aromatic N) is 4. The second-order valence-corrected chi connectivity index (χ2v) is 6.50. The molecule has 0 aliphatic carbocycles. The quantitative estimate of drug-likeness (QED) is 0.587. The molecule has 1 amide bonds. The molecule has 0 unspecified atom stereocenters. The number of carbonyl (C=O) groups excluding carboxylic acids is 1. The van der Waals surface area contributed by atoms with Crippen LogP contribution < -0.4 is 10.2 Å². The lowest BCUT2D eigenvalue weighted by Crippen LogP contribution is -2.24. The average molecular weight is 345 g/mol. The van der Waals surface area contributed by atoms with Crippen molar-refractivity contribution in [3.63, 3.8) is 0 Å². The Kier molecular flexibility index (Phi) is 6.43. The number of rotatable bonds is 8. The Morgan fingerprint density at radius 2 is 2.04 bits per heavy atom. The zero-order valence-corrected chi connectivity index (χ0v) is 15.1. The monoisotopic (exact) mass is 345 g/mol. The van der Waals surface area contributed by atoms with Gasteiger partial charge in [0.25, 0.3) is 0 Å². The van der Waals surface area contributed by atoms with Crippen molar-refractivity contribution in [2.45, 2.75) is 25.2 Å². The van der Waals surface area contributed by atoms with E-state index in [2.05, 4.69) is 22.1 Å². The van der Waals surface area contributed by atoms with Crippen LogP contribution in [0.5, 0.6) is 0 Å². The number of hydrogen-bond acceptors (Lipinski definition) is 5. The van der Waals surface area contributed by atoms with Crippen molar-refractivity contribution in [2.24, 2.45) is 0 Å². The van der Waals surface area contributed by atoms with Gasteiger partial charge in [-0.15, -0.1) is 16.8 Å². The van der Waals surface area contributed by atoms with Crippen LogP contribution in [0.4, 0.5) is 5.69 Å². The Labute approximate surface area is 147 Å². The number of aromatic nitrogens is 3. The molecule has 1 heterocycles. The summed E-state index contributed by atoms with van der Waals surface area (Å²) in [5.41, 5.74) is 2.21. The molecule has 1 aromatic carbocycles. The highest BCUT2D eigenvalue weighted by atomic mass is 32.2. The molecule has 24 heavy (non-hydrogen) atoms. The molecule has 0 spiro atoms. The van der Waals surface area contributed by atoms with Crippen LogP contribution in [-0.2, 0) is 17.9 Å². The first kappa shape index (κ1) is 18.1. The van der Waals surface area contributed by atoms with Crippen LogP contribution in [0, 0.1) is 6.92 Å². The molecule has 7 heteroatoms. The molecule has 6 nitrogen and oxygen atoms in total. The Morgan fingerprint density at radius 1 is 1.33 bits per heavy atom. The fraction of sp³-hybridized carbons (Fsp3) is 0.353. The highest BCUT2D eigenvalue weighted by Crippen LogP contribution is 2.16. The topological polar surface area (TPSA) is 63.1 Å². The number of thioether (sulfide) groups is 1. The summed E-state index contributed by atoms with van der Waals surface area (Å²) in [6, 6.07) is 8.12. The van der Waals surface area contributed by atoms with Crippen molar-refractivity contribution >= 4 is 23.4 Å². The maximum absolute atomic E-state index is 12.0. The van der Waals surface area contributed by atoms with E-state index in [4.69, 9.17) is 0 Å². The third-order valence-corrected chi connectivity index (χ3v) is 4.46. The third-order valence-electron chi connectivity index (χ3n) is 3.49. The van der Waals surface area contributed by atoms with Gasteiger partial charge in [-0.3, -0.25) is 4.79 Å². The van der Waals surface area contributed by atoms with Gasteiger partial charge in [0.1, 0.15) is 5.82 Å². The molecule has 1 N–H and O–H groups in total. The summed E-state index contributed by atoms with van der Waals surface area (Å²) >= 11 is 1.38. The van der Waals surface area contributed by atoms with Crippen LogP contribution in [0.1, 0.15) is 11.4 Å². The Balaban J connectivity index is 1.82. The van der Waals surface area contributed by atoms with Gasteiger partial charge in [-0.05, 0) is 24.6 Å². The van der Waals surface area contributed by atoms with Gasteiger partial charge in [-0.2, -0.15) is 0 Å². The summed E-state index contributed by atoms with van der Waals surface area (Å²) in [7, 11) is 4.00. The first-order valence-corrected chi connectivity index (χ1v) is 8.66. The van der Waals surface area contributed by atoms with Gasteiger partial charge in [0.05, 0.1) is 5.75 Å². The number of amides is 1. The van der Waals surface area contributed by atoms with E-state index in [0.29, 0.717) is 18.8 Å². The smallest absolute Gasteiger partial charge is 0.230 e. The van der Waals surface area contributed by atoms with Crippen molar-refractivity contribution in [1.82, 2.24) is 20.1 Å². The number of allylic oxidation sites excluding steroid dienone is 1. The van der Waals surface area contributed by atoms with Gasteiger partial charge in [0.15, 0.2) is 5.16 Å². The zero-order chi connectivity index (χ0) is 17.5. The molecular weight excluding hydrogens is 322 g/mol. The first-order valence-electron chi connectivity index (χ1n) is 7.67. The minimum absolute atomic E-state index is 0.0255. The van der Waals surface area contributed by atoms with Crippen LogP contribution in [0.2, 0.25) is 0 Å². The van der Waals surface area contributed by atoms with E-state index in [-0.39, 0.29) is 5.91 Å². The van der Waals surface area contributed by atoms with E-state index in [1.54, 1.807) is 6.08 Å². The lowest BCUT2D eigenvalue weighted by atomic mass is 10.2. The summed E-state index contributed by atoms with van der Waals surface area (Å²) in [6.45, 7) is 6.77. The van der Waals surface area contributed by atoms with Crippen molar-refractivity contribution in [2.75, 3.05) is 24.7 Å². The predicted octanol–water partition coefficient (Wildman–Crippen LogP) is 2.25. The van der Waals surface area contributed by atoms with Crippen molar-refractivity contribution < 1.29 is 4.79 Å². The van der Waals surface area contributed by atoms with Gasteiger partial charge in [0.2, 0.25) is 5.91 Å². The molecular formula is C17H23N5OS. The third kappa shape index (κ3) is 4.86. The summed E-state index contributed by atoms with van der Waals surface area (Å²) < 4.78 is 1.94. The number of anilines is 1. The van der Waals surface area contributed by atoms with Crippen molar-refractivity contribution in [3.05, 3.63) is 48.3 Å². The maximum atomic E-state index is 12.0. The van der Waals surface area contributed by atoms with E-state index >= 15 is 0 Å². The van der Waals surface area contributed by atoms with E-state index in [0.717, 1.165) is 22.2 Å². The summed E-state index contributed by atoms with van der Waals surface area (Å²) in [5, 5.41) is 11.8. The zero-order valence-electron chi connectivity index (χ0n) is 14.3. The largest absolute Gasteiger partial charge is 0.378 e. The van der Waals surface area contributed by atoms with Crippen LogP contribution in [0.15, 0.2) is 42.1 Å². The Morgan fingerprint density at radius 3 is 2.67 bits per heavy atom. The van der Waals surface area contributed by atoms with E-state index in [9.17, 15) is 4.79 Å². The average Bonchev–Trinajstić information content (AvgIpc) is 2.92. The summed E-state index contributed by atoms with van der Waals surface area (Å²) in [4.78, 5) is 14.1. The number of nitrogens with one attached hydrogen (secondary N) is 1. The van der Waals surface area contributed by atoms with Gasteiger partial charge in [-0.25, -0.2) is 0 Å². The van der Waals surface area contributed by atoms with Crippen LogP contribution in [0.25, 0.3) is 0 Å². The normalized spacial score (nSPS) is 10.5. The highest BCUT2D eigenvalue weighted by Gasteiger charge is 2.10. The minimum Gasteiger partial charge on any atom is -0.378 e. The molecule has 0 saturated heterocycles. The van der Waals surface area contributed by atoms with Gasteiger partial charge < -0.3 is 14.8 Å². The summed E-state index contributed by atoms with van der Waals surface area (Å²) in [5.74, 6) is 1.10. The van der Waals surface area contributed by atoms with Gasteiger partial charge in [0, 0.05) is 32.9 Å². The van der Waals surface area contributed by atoms with Gasteiger partial charge >= 0.3 is 0 Å². The molecule has 0 saturated carbocycles. The molecule has 1 aromatic heterocycles. The lowest BCUT2D eigenvalue weighted by molar-refractivity contribution is -0.118. The number of benzene rings is 1.